The lowest BCUT2D eigenvalue weighted by atomic mass is 9.96. The summed E-state index contributed by atoms with van der Waals surface area (Å²) in [6.45, 7) is 3.39. The van der Waals surface area contributed by atoms with Crippen molar-refractivity contribution in [3.05, 3.63) is 29.8 Å². The zero-order chi connectivity index (χ0) is 18.6. The van der Waals surface area contributed by atoms with Gasteiger partial charge in [0.05, 0.1) is 6.61 Å². The quantitative estimate of drug-likeness (QED) is 0.900. The fourth-order valence-corrected chi connectivity index (χ4v) is 2.97. The predicted octanol–water partition coefficient (Wildman–Crippen LogP) is 2.76. The van der Waals surface area contributed by atoms with Crippen molar-refractivity contribution in [3.8, 4) is 5.75 Å². The molecule has 1 heterocycles. The van der Waals surface area contributed by atoms with Gasteiger partial charge in [0.1, 0.15) is 11.8 Å². The molecule has 0 aliphatic carbocycles. The van der Waals surface area contributed by atoms with Gasteiger partial charge in [0.25, 0.3) is 5.91 Å². The number of hydrogen-bond acceptors (Lipinski definition) is 3. The van der Waals surface area contributed by atoms with Crippen LogP contribution < -0.4 is 10.1 Å². The molecule has 1 aromatic carbocycles. The van der Waals surface area contributed by atoms with Crippen molar-refractivity contribution in [2.75, 3.05) is 13.2 Å². The lowest BCUT2D eigenvalue weighted by molar-refractivity contribution is -0.184. The molecule has 0 aromatic heterocycles. The molecule has 0 saturated carbocycles. The van der Waals surface area contributed by atoms with E-state index in [1.807, 2.05) is 6.92 Å². The van der Waals surface area contributed by atoms with Gasteiger partial charge in [-0.2, -0.15) is 13.2 Å². The van der Waals surface area contributed by atoms with E-state index in [1.165, 1.54) is 19.1 Å². The van der Waals surface area contributed by atoms with Crippen molar-refractivity contribution in [3.63, 3.8) is 0 Å². The summed E-state index contributed by atoms with van der Waals surface area (Å²) >= 11 is 0. The summed E-state index contributed by atoms with van der Waals surface area (Å²) in [5.74, 6) is -0.495. The van der Waals surface area contributed by atoms with Crippen molar-refractivity contribution in [2.24, 2.45) is 0 Å². The summed E-state index contributed by atoms with van der Waals surface area (Å²) in [5.41, 5.74) is 0.154. The zero-order valence-corrected chi connectivity index (χ0v) is 14.1. The fourth-order valence-electron chi connectivity index (χ4n) is 2.97. The smallest absolute Gasteiger partial charge is 0.408 e. The first-order chi connectivity index (χ1) is 11.7. The molecule has 138 valence electrons. The normalized spacial score (nSPS) is 20.9. The Hall–Kier alpha value is -2.25. The number of rotatable bonds is 4. The molecule has 25 heavy (non-hydrogen) atoms. The minimum Gasteiger partial charge on any atom is -0.494 e. The Morgan fingerprint density at radius 2 is 1.88 bits per heavy atom. The standard InChI is InChI=1S/C17H21F3N2O3/c1-3-25-14-7-4-12(5-8-14)16(24)22-10-13(21-11(2)23)6-9-15(22)17(18,19)20/h4-5,7-8,13,15H,3,6,9-10H2,1-2H3,(H,21,23)/t13-,15+/m0/s1. The average molecular weight is 358 g/mol. The van der Waals surface area contributed by atoms with E-state index in [0.717, 1.165) is 4.90 Å². The van der Waals surface area contributed by atoms with Crippen molar-refractivity contribution in [1.82, 2.24) is 10.2 Å². The second kappa shape index (κ2) is 7.76. The number of alkyl halides is 3. The van der Waals surface area contributed by atoms with Crippen LogP contribution in [0.4, 0.5) is 13.2 Å². The molecule has 2 atom stereocenters. The zero-order valence-electron chi connectivity index (χ0n) is 14.1. The minimum absolute atomic E-state index is 0.154. The molecule has 0 unspecified atom stereocenters. The number of carbonyl (C=O) groups excluding carboxylic acids is 2. The number of nitrogens with one attached hydrogen (secondary N) is 1. The highest BCUT2D eigenvalue weighted by Crippen LogP contribution is 2.33. The van der Waals surface area contributed by atoms with E-state index in [2.05, 4.69) is 5.32 Å². The highest BCUT2D eigenvalue weighted by atomic mass is 19.4. The third-order valence-corrected chi connectivity index (χ3v) is 4.04. The molecule has 0 spiro atoms. The summed E-state index contributed by atoms with van der Waals surface area (Å²) in [4.78, 5) is 24.6. The summed E-state index contributed by atoms with van der Waals surface area (Å²) in [5, 5.41) is 2.60. The number of benzene rings is 1. The van der Waals surface area contributed by atoms with Crippen LogP contribution in [0.15, 0.2) is 24.3 Å². The van der Waals surface area contributed by atoms with Gasteiger partial charge in [0.15, 0.2) is 0 Å². The van der Waals surface area contributed by atoms with Crippen molar-refractivity contribution < 1.29 is 27.5 Å². The van der Waals surface area contributed by atoms with Crippen LogP contribution in [0.5, 0.6) is 5.75 Å². The Bertz CT molecular complexity index is 617. The highest BCUT2D eigenvalue weighted by Gasteiger charge is 2.48. The van der Waals surface area contributed by atoms with E-state index in [1.54, 1.807) is 12.1 Å². The SMILES string of the molecule is CCOc1ccc(C(=O)N2C[C@@H](NC(C)=O)CC[C@@H]2C(F)(F)F)cc1. The van der Waals surface area contributed by atoms with Crippen molar-refractivity contribution in [2.45, 2.75) is 44.9 Å². The maximum Gasteiger partial charge on any atom is 0.408 e. The lowest BCUT2D eigenvalue weighted by Gasteiger charge is -2.40. The molecule has 2 amide bonds. The maximum atomic E-state index is 13.3. The number of piperidine rings is 1. The molecular formula is C17H21F3N2O3. The van der Waals surface area contributed by atoms with Crippen LogP contribution in [0.25, 0.3) is 0 Å². The summed E-state index contributed by atoms with van der Waals surface area (Å²) < 4.78 is 45.2. The molecule has 1 saturated heterocycles. The van der Waals surface area contributed by atoms with Gasteiger partial charge in [0, 0.05) is 25.1 Å². The average Bonchev–Trinajstić information content (AvgIpc) is 2.53. The van der Waals surface area contributed by atoms with Crippen LogP contribution in [0.3, 0.4) is 0 Å². The maximum absolute atomic E-state index is 13.3. The number of amides is 2. The van der Waals surface area contributed by atoms with Crippen molar-refractivity contribution >= 4 is 11.8 Å². The highest BCUT2D eigenvalue weighted by molar-refractivity contribution is 5.94. The van der Waals surface area contributed by atoms with Crippen LogP contribution in [-0.4, -0.2) is 48.1 Å². The number of carbonyl (C=O) groups is 2. The van der Waals surface area contributed by atoms with E-state index in [4.69, 9.17) is 4.74 Å². The van der Waals surface area contributed by atoms with Gasteiger partial charge >= 0.3 is 6.18 Å². The van der Waals surface area contributed by atoms with E-state index >= 15 is 0 Å². The first kappa shape index (κ1) is 19.1. The molecule has 1 aromatic rings. The number of ether oxygens (including phenoxy) is 1. The first-order valence-electron chi connectivity index (χ1n) is 8.10. The Kier molecular flexibility index (Phi) is 5.92. The molecule has 1 N–H and O–H groups in total. The van der Waals surface area contributed by atoms with E-state index in [0.29, 0.717) is 12.4 Å². The number of likely N-dealkylation sites (tertiary alicyclic amines) is 1. The number of hydrogen-bond donors (Lipinski definition) is 1. The third-order valence-electron chi connectivity index (χ3n) is 4.04. The van der Waals surface area contributed by atoms with Gasteiger partial charge < -0.3 is 15.0 Å². The second-order valence-electron chi connectivity index (χ2n) is 5.95. The first-order valence-corrected chi connectivity index (χ1v) is 8.10. The monoisotopic (exact) mass is 358 g/mol. The van der Waals surface area contributed by atoms with Gasteiger partial charge in [-0.15, -0.1) is 0 Å². The molecular weight excluding hydrogens is 337 g/mol. The Morgan fingerprint density at radius 1 is 1.24 bits per heavy atom. The van der Waals surface area contributed by atoms with Crippen LogP contribution in [-0.2, 0) is 4.79 Å². The summed E-state index contributed by atoms with van der Waals surface area (Å²) in [6, 6.07) is 3.66. The Balaban J connectivity index is 2.22. The molecule has 0 bridgehead atoms. The second-order valence-corrected chi connectivity index (χ2v) is 5.95. The third kappa shape index (κ3) is 4.87. The topological polar surface area (TPSA) is 58.6 Å². The molecule has 1 aliphatic rings. The van der Waals surface area contributed by atoms with E-state index < -0.39 is 24.2 Å². The van der Waals surface area contributed by atoms with Gasteiger partial charge in [-0.3, -0.25) is 9.59 Å². The van der Waals surface area contributed by atoms with Crippen LogP contribution in [0.1, 0.15) is 37.0 Å². The van der Waals surface area contributed by atoms with Gasteiger partial charge in [-0.05, 0) is 44.0 Å². The Labute approximate surface area is 144 Å². The lowest BCUT2D eigenvalue weighted by Crippen LogP contribution is -2.58. The molecule has 2 rings (SSSR count). The van der Waals surface area contributed by atoms with E-state index in [-0.39, 0.29) is 30.9 Å². The summed E-state index contributed by atoms with van der Waals surface area (Å²) in [6.07, 6.45) is -4.57. The molecule has 1 fully saturated rings. The van der Waals surface area contributed by atoms with Gasteiger partial charge in [-0.1, -0.05) is 0 Å². The van der Waals surface area contributed by atoms with Crippen molar-refractivity contribution in [1.29, 1.82) is 0 Å². The van der Waals surface area contributed by atoms with Gasteiger partial charge in [0.2, 0.25) is 5.91 Å². The predicted molar refractivity (Wildman–Crippen MR) is 85.3 cm³/mol. The van der Waals surface area contributed by atoms with Gasteiger partial charge in [-0.25, -0.2) is 0 Å². The molecule has 5 nitrogen and oxygen atoms in total. The van der Waals surface area contributed by atoms with E-state index in [9.17, 15) is 22.8 Å². The van der Waals surface area contributed by atoms with Crippen LogP contribution >= 0.6 is 0 Å². The number of halogens is 3. The molecule has 1 aliphatic heterocycles. The fraction of sp³-hybridized carbons (Fsp3) is 0.529. The largest absolute Gasteiger partial charge is 0.494 e. The van der Waals surface area contributed by atoms with Crippen LogP contribution in [0.2, 0.25) is 0 Å². The summed E-state index contributed by atoms with van der Waals surface area (Å²) in [7, 11) is 0. The Morgan fingerprint density at radius 3 is 2.40 bits per heavy atom. The number of nitrogens with zero attached hydrogens (tertiary/aromatic N) is 1. The van der Waals surface area contributed by atoms with Crippen LogP contribution in [0, 0.1) is 0 Å². The minimum atomic E-state index is -4.51. The molecule has 0 radical (unpaired) electrons. The molecule has 8 heteroatoms.